The maximum Gasteiger partial charge on any atom is 0.221 e. The molecule has 0 aliphatic carbocycles. The second kappa shape index (κ2) is 5.46. The van der Waals surface area contributed by atoms with E-state index < -0.39 is 6.10 Å². The first-order chi connectivity index (χ1) is 10.0. The molecule has 0 aliphatic heterocycles. The van der Waals surface area contributed by atoms with Crippen LogP contribution in [0, 0.1) is 0 Å². The minimum Gasteiger partial charge on any atom is -0.393 e. The maximum absolute atomic E-state index is 9.73. The van der Waals surface area contributed by atoms with Gasteiger partial charge in [-0.1, -0.05) is 22.0 Å². The zero-order valence-corrected chi connectivity index (χ0v) is 13.1. The number of nitrogens with two attached hydrogens (primary N) is 1. The van der Waals surface area contributed by atoms with Crippen molar-refractivity contribution in [2.24, 2.45) is 0 Å². The molecule has 1 atom stereocenters. The van der Waals surface area contributed by atoms with E-state index in [4.69, 9.17) is 5.73 Å². The number of nitrogens with zero attached hydrogens (tertiary/aromatic N) is 3. The summed E-state index contributed by atoms with van der Waals surface area (Å²) in [5.74, 6) is 0.929. The summed E-state index contributed by atoms with van der Waals surface area (Å²) in [6, 6.07) is 9.92. The Morgan fingerprint density at radius 1 is 1.33 bits per heavy atom. The molecule has 0 aliphatic rings. The predicted octanol–water partition coefficient (Wildman–Crippen LogP) is 2.69. The van der Waals surface area contributed by atoms with Crippen LogP contribution in [0.3, 0.4) is 0 Å². The van der Waals surface area contributed by atoms with Crippen molar-refractivity contribution >= 4 is 32.8 Å². The van der Waals surface area contributed by atoms with Gasteiger partial charge in [0.1, 0.15) is 5.82 Å². The van der Waals surface area contributed by atoms with Gasteiger partial charge < -0.3 is 10.8 Å². The summed E-state index contributed by atoms with van der Waals surface area (Å²) in [5, 5.41) is 10.8. The number of rotatable bonds is 3. The number of anilines is 1. The normalized spacial score (nSPS) is 12.7. The molecule has 6 heteroatoms. The zero-order chi connectivity index (χ0) is 15.0. The molecule has 21 heavy (non-hydrogen) atoms. The molecule has 2 heterocycles. The smallest absolute Gasteiger partial charge is 0.221 e. The fraction of sp³-hybridized carbons (Fsp3) is 0.200. The van der Waals surface area contributed by atoms with Crippen molar-refractivity contribution in [2.45, 2.75) is 19.4 Å². The molecule has 3 aromatic rings. The predicted molar refractivity (Wildman–Crippen MR) is 86.4 cm³/mol. The summed E-state index contributed by atoms with van der Waals surface area (Å²) in [7, 11) is 0. The number of benzene rings is 1. The van der Waals surface area contributed by atoms with E-state index in [1.807, 2.05) is 28.8 Å². The molecule has 108 valence electrons. The highest BCUT2D eigenvalue weighted by Gasteiger charge is 2.14. The van der Waals surface area contributed by atoms with E-state index in [0.29, 0.717) is 12.2 Å². The van der Waals surface area contributed by atoms with Gasteiger partial charge in [0.25, 0.3) is 0 Å². The van der Waals surface area contributed by atoms with Crippen molar-refractivity contribution in [3.8, 4) is 5.82 Å². The number of aromatic nitrogens is 3. The van der Waals surface area contributed by atoms with Crippen LogP contribution < -0.4 is 5.73 Å². The average Bonchev–Trinajstić information content (AvgIpc) is 2.75. The second-order valence-electron chi connectivity index (χ2n) is 5.00. The van der Waals surface area contributed by atoms with Crippen LogP contribution in [0.4, 0.5) is 5.95 Å². The second-order valence-corrected chi connectivity index (χ2v) is 5.92. The molecule has 1 unspecified atom stereocenters. The topological polar surface area (TPSA) is 77.0 Å². The Balaban J connectivity index is 2.28. The van der Waals surface area contributed by atoms with Gasteiger partial charge >= 0.3 is 0 Å². The standard InChI is InChI=1S/C15H15BrN4O/c1-9(21)6-12-7-10-2-3-11(16)8-13(10)20(12)14-4-5-18-15(17)19-14/h2-5,7-9,21H,6H2,1H3,(H2,17,18,19). The third-order valence-corrected chi connectivity index (χ3v) is 3.73. The third kappa shape index (κ3) is 2.77. The minimum absolute atomic E-state index is 0.229. The molecule has 5 nitrogen and oxygen atoms in total. The number of aliphatic hydroxyl groups is 1. The number of hydrogen-bond acceptors (Lipinski definition) is 4. The van der Waals surface area contributed by atoms with Gasteiger partial charge in [0.05, 0.1) is 11.6 Å². The van der Waals surface area contributed by atoms with Gasteiger partial charge in [-0.05, 0) is 31.2 Å². The van der Waals surface area contributed by atoms with Crippen LogP contribution >= 0.6 is 15.9 Å². The quantitative estimate of drug-likeness (QED) is 0.764. The number of hydrogen-bond donors (Lipinski definition) is 2. The Hall–Kier alpha value is -1.92. The molecule has 3 rings (SSSR count). The Kier molecular flexibility index (Phi) is 3.65. The van der Waals surface area contributed by atoms with E-state index in [9.17, 15) is 5.11 Å². The summed E-state index contributed by atoms with van der Waals surface area (Å²) >= 11 is 3.49. The lowest BCUT2D eigenvalue weighted by molar-refractivity contribution is 0.194. The zero-order valence-electron chi connectivity index (χ0n) is 11.5. The van der Waals surface area contributed by atoms with Gasteiger partial charge in [-0.2, -0.15) is 4.98 Å². The SMILES string of the molecule is CC(O)Cc1cc2ccc(Br)cc2n1-c1ccnc(N)n1. The Morgan fingerprint density at radius 2 is 2.14 bits per heavy atom. The van der Waals surface area contributed by atoms with Crippen molar-refractivity contribution in [2.75, 3.05) is 5.73 Å². The molecule has 0 saturated carbocycles. The molecule has 0 amide bonds. The number of halogens is 1. The van der Waals surface area contributed by atoms with Gasteiger partial charge in [0, 0.05) is 28.2 Å². The van der Waals surface area contributed by atoms with Crippen LogP contribution in [0.5, 0.6) is 0 Å². The Labute approximate surface area is 130 Å². The fourth-order valence-corrected chi connectivity index (χ4v) is 2.79. The van der Waals surface area contributed by atoms with Crippen molar-refractivity contribution < 1.29 is 5.11 Å². The monoisotopic (exact) mass is 346 g/mol. The van der Waals surface area contributed by atoms with Gasteiger partial charge in [-0.25, -0.2) is 4.98 Å². The Bertz CT molecular complexity index is 797. The molecule has 0 radical (unpaired) electrons. The number of aliphatic hydroxyl groups excluding tert-OH is 1. The molecule has 3 N–H and O–H groups in total. The van der Waals surface area contributed by atoms with E-state index in [-0.39, 0.29) is 5.95 Å². The van der Waals surface area contributed by atoms with E-state index >= 15 is 0 Å². The lowest BCUT2D eigenvalue weighted by atomic mass is 10.2. The molecular formula is C15H15BrN4O. The maximum atomic E-state index is 9.73. The highest BCUT2D eigenvalue weighted by Crippen LogP contribution is 2.27. The van der Waals surface area contributed by atoms with Crippen LogP contribution in [0.2, 0.25) is 0 Å². The van der Waals surface area contributed by atoms with Crippen LogP contribution in [-0.2, 0) is 6.42 Å². The van der Waals surface area contributed by atoms with E-state index in [1.54, 1.807) is 13.1 Å². The summed E-state index contributed by atoms with van der Waals surface area (Å²) in [6.07, 6.45) is 1.74. The van der Waals surface area contributed by atoms with E-state index in [2.05, 4.69) is 32.0 Å². The van der Waals surface area contributed by atoms with Gasteiger partial charge in [-0.15, -0.1) is 0 Å². The molecule has 0 saturated heterocycles. The van der Waals surface area contributed by atoms with Gasteiger partial charge in [0.15, 0.2) is 0 Å². The number of nitrogen functional groups attached to an aromatic ring is 1. The molecule has 1 aromatic carbocycles. The van der Waals surface area contributed by atoms with Crippen molar-refractivity contribution in [1.29, 1.82) is 0 Å². The van der Waals surface area contributed by atoms with Crippen LogP contribution in [0.1, 0.15) is 12.6 Å². The molecular weight excluding hydrogens is 332 g/mol. The van der Waals surface area contributed by atoms with Crippen LogP contribution in [-0.4, -0.2) is 25.7 Å². The summed E-state index contributed by atoms with van der Waals surface area (Å²) in [6.45, 7) is 1.77. The highest BCUT2D eigenvalue weighted by atomic mass is 79.9. The molecule has 0 fully saturated rings. The lowest BCUT2D eigenvalue weighted by Crippen LogP contribution is -2.10. The van der Waals surface area contributed by atoms with Crippen molar-refractivity contribution in [3.63, 3.8) is 0 Å². The van der Waals surface area contributed by atoms with Gasteiger partial charge in [0.2, 0.25) is 5.95 Å². The first-order valence-corrected chi connectivity index (χ1v) is 7.41. The largest absolute Gasteiger partial charge is 0.393 e. The molecule has 0 spiro atoms. The first-order valence-electron chi connectivity index (χ1n) is 6.61. The summed E-state index contributed by atoms with van der Waals surface area (Å²) in [5.41, 5.74) is 7.69. The fourth-order valence-electron chi connectivity index (χ4n) is 2.44. The molecule has 2 aromatic heterocycles. The van der Waals surface area contributed by atoms with Crippen LogP contribution in [0.15, 0.2) is 41.0 Å². The third-order valence-electron chi connectivity index (χ3n) is 3.24. The number of fused-ring (bicyclic) bond motifs is 1. The van der Waals surface area contributed by atoms with E-state index in [0.717, 1.165) is 21.1 Å². The highest BCUT2D eigenvalue weighted by molar-refractivity contribution is 9.10. The van der Waals surface area contributed by atoms with Crippen molar-refractivity contribution in [3.05, 3.63) is 46.7 Å². The van der Waals surface area contributed by atoms with Crippen molar-refractivity contribution in [1.82, 2.24) is 14.5 Å². The summed E-state index contributed by atoms with van der Waals surface area (Å²) in [4.78, 5) is 8.23. The summed E-state index contributed by atoms with van der Waals surface area (Å²) < 4.78 is 2.99. The van der Waals surface area contributed by atoms with E-state index in [1.165, 1.54) is 0 Å². The minimum atomic E-state index is -0.435. The molecule has 0 bridgehead atoms. The first kappa shape index (κ1) is 14.0. The average molecular weight is 347 g/mol. The lowest BCUT2D eigenvalue weighted by Gasteiger charge is -2.11. The van der Waals surface area contributed by atoms with Gasteiger partial charge in [-0.3, -0.25) is 4.57 Å². The Morgan fingerprint density at radius 3 is 2.86 bits per heavy atom. The van der Waals surface area contributed by atoms with Crippen LogP contribution in [0.25, 0.3) is 16.7 Å².